The van der Waals surface area contributed by atoms with Gasteiger partial charge in [-0.3, -0.25) is 14.4 Å². The molecule has 0 saturated carbocycles. The van der Waals surface area contributed by atoms with E-state index in [0.717, 1.165) is 0 Å². The molecule has 4 atom stereocenters. The first-order valence-corrected chi connectivity index (χ1v) is 9.42. The van der Waals surface area contributed by atoms with Crippen molar-refractivity contribution in [3.8, 4) is 0 Å². The van der Waals surface area contributed by atoms with Gasteiger partial charge in [-0.15, -0.1) is 0 Å². The SMILES string of the molecule is CCC(=O)O[C@@H]1[C@@H](OC(=O)CC)[C@@](C)(OC(=O)/C=C/C(=O)O)OC[C@H]1OC(=O)CC. The molecule has 168 valence electrons. The van der Waals surface area contributed by atoms with Crippen molar-refractivity contribution in [3.05, 3.63) is 12.2 Å². The van der Waals surface area contributed by atoms with E-state index in [1.807, 2.05) is 0 Å². The van der Waals surface area contributed by atoms with E-state index in [9.17, 15) is 24.0 Å². The van der Waals surface area contributed by atoms with Crippen LogP contribution in [0.4, 0.5) is 0 Å². The molecule has 11 nitrogen and oxygen atoms in total. The van der Waals surface area contributed by atoms with E-state index in [4.69, 9.17) is 28.8 Å². The first-order valence-electron chi connectivity index (χ1n) is 9.42. The summed E-state index contributed by atoms with van der Waals surface area (Å²) in [6, 6.07) is 0. The van der Waals surface area contributed by atoms with Crippen molar-refractivity contribution in [3.63, 3.8) is 0 Å². The van der Waals surface area contributed by atoms with Gasteiger partial charge >= 0.3 is 29.8 Å². The van der Waals surface area contributed by atoms with Crippen LogP contribution in [-0.2, 0) is 47.7 Å². The molecule has 1 saturated heterocycles. The van der Waals surface area contributed by atoms with E-state index in [-0.39, 0.29) is 25.9 Å². The lowest BCUT2D eigenvalue weighted by Crippen LogP contribution is -2.64. The fourth-order valence-corrected chi connectivity index (χ4v) is 2.50. The Kier molecular flexibility index (Phi) is 9.44. The Morgan fingerprint density at radius 3 is 2.00 bits per heavy atom. The van der Waals surface area contributed by atoms with Gasteiger partial charge in [0.2, 0.25) is 6.10 Å². The Balaban J connectivity index is 3.28. The minimum atomic E-state index is -1.95. The maximum atomic E-state index is 12.0. The molecule has 1 aliphatic heterocycles. The number of hydrogen-bond acceptors (Lipinski definition) is 10. The van der Waals surface area contributed by atoms with Gasteiger partial charge in [-0.2, -0.15) is 0 Å². The maximum absolute atomic E-state index is 12.0. The zero-order valence-corrected chi connectivity index (χ0v) is 17.2. The second-order valence-electron chi connectivity index (χ2n) is 6.37. The minimum absolute atomic E-state index is 0.0158. The molecule has 0 unspecified atom stereocenters. The van der Waals surface area contributed by atoms with Gasteiger partial charge in [0, 0.05) is 38.3 Å². The van der Waals surface area contributed by atoms with Gasteiger partial charge in [-0.1, -0.05) is 20.8 Å². The molecule has 0 aromatic rings. The van der Waals surface area contributed by atoms with Gasteiger partial charge in [0.15, 0.2) is 12.2 Å². The molecular weight excluding hydrogens is 404 g/mol. The molecule has 0 radical (unpaired) electrons. The van der Waals surface area contributed by atoms with Crippen LogP contribution in [0.2, 0.25) is 0 Å². The van der Waals surface area contributed by atoms with Crippen molar-refractivity contribution < 1.29 is 52.8 Å². The maximum Gasteiger partial charge on any atom is 0.333 e. The average Bonchev–Trinajstić information content (AvgIpc) is 2.70. The van der Waals surface area contributed by atoms with E-state index in [1.54, 1.807) is 6.92 Å². The second-order valence-corrected chi connectivity index (χ2v) is 6.37. The van der Waals surface area contributed by atoms with Gasteiger partial charge in [-0.05, 0) is 0 Å². The molecule has 1 aliphatic rings. The predicted octanol–water partition coefficient (Wildman–Crippen LogP) is 0.882. The average molecular weight is 430 g/mol. The van der Waals surface area contributed by atoms with Crippen LogP contribution in [0.5, 0.6) is 0 Å². The van der Waals surface area contributed by atoms with Crippen LogP contribution in [0.1, 0.15) is 47.0 Å². The lowest BCUT2D eigenvalue weighted by molar-refractivity contribution is -0.321. The third kappa shape index (κ3) is 7.14. The highest BCUT2D eigenvalue weighted by molar-refractivity contribution is 5.90. The number of hydrogen-bond donors (Lipinski definition) is 1. The molecule has 0 amide bonds. The summed E-state index contributed by atoms with van der Waals surface area (Å²) in [5, 5.41) is 8.64. The number of ether oxygens (including phenoxy) is 5. The smallest absolute Gasteiger partial charge is 0.333 e. The van der Waals surface area contributed by atoms with E-state index in [0.29, 0.717) is 12.2 Å². The van der Waals surface area contributed by atoms with Crippen LogP contribution in [-0.4, -0.2) is 65.7 Å². The summed E-state index contributed by atoms with van der Waals surface area (Å²) in [5.41, 5.74) is 0. The fraction of sp³-hybridized carbons (Fsp3) is 0.632. The Morgan fingerprint density at radius 1 is 0.933 bits per heavy atom. The van der Waals surface area contributed by atoms with Crippen molar-refractivity contribution >= 4 is 29.8 Å². The third-order valence-electron chi connectivity index (χ3n) is 4.06. The van der Waals surface area contributed by atoms with Crippen molar-refractivity contribution in [2.75, 3.05) is 6.61 Å². The molecule has 1 N–H and O–H groups in total. The first-order chi connectivity index (χ1) is 14.1. The molecule has 0 spiro atoms. The number of aliphatic carboxylic acids is 1. The molecular formula is C19H26O11. The summed E-state index contributed by atoms with van der Waals surface area (Å²) < 4.78 is 26.7. The van der Waals surface area contributed by atoms with Crippen LogP contribution < -0.4 is 0 Å². The lowest BCUT2D eigenvalue weighted by atomic mass is 9.96. The van der Waals surface area contributed by atoms with Crippen LogP contribution in [0.25, 0.3) is 0 Å². The number of carboxylic acid groups (broad SMARTS) is 1. The van der Waals surface area contributed by atoms with Crippen molar-refractivity contribution in [1.82, 2.24) is 0 Å². The number of carbonyl (C=O) groups is 5. The summed E-state index contributed by atoms with van der Waals surface area (Å²) in [4.78, 5) is 58.4. The molecule has 0 aliphatic carbocycles. The molecule has 11 heteroatoms. The highest BCUT2D eigenvalue weighted by atomic mass is 16.8. The normalized spacial score (nSPS) is 25.9. The highest BCUT2D eigenvalue weighted by Gasteiger charge is 2.56. The summed E-state index contributed by atoms with van der Waals surface area (Å²) in [7, 11) is 0. The standard InChI is InChI=1S/C19H26O11/c1-5-13(22)27-11-10-26-19(4,30-16(25)9-8-12(20)21)18(29-15(24)7-3)17(11)28-14(23)6-2/h8-9,11,17-18H,5-7,10H2,1-4H3,(H,20,21)/b9-8+/t11-,17+,18-,19-/m1/s1. The van der Waals surface area contributed by atoms with Crippen LogP contribution in [0, 0.1) is 0 Å². The van der Waals surface area contributed by atoms with E-state index in [2.05, 4.69) is 0 Å². The number of carbonyl (C=O) groups excluding carboxylic acids is 4. The summed E-state index contributed by atoms with van der Waals surface area (Å²) in [6.07, 6.45) is -2.75. The first kappa shape index (κ1) is 25.1. The van der Waals surface area contributed by atoms with Gasteiger partial charge in [0.1, 0.15) is 0 Å². The quantitative estimate of drug-likeness (QED) is 0.315. The van der Waals surface area contributed by atoms with Gasteiger partial charge in [0.05, 0.1) is 6.61 Å². The molecule has 30 heavy (non-hydrogen) atoms. The zero-order valence-electron chi connectivity index (χ0n) is 17.2. The number of carboxylic acids is 1. The highest BCUT2D eigenvalue weighted by Crippen LogP contribution is 2.33. The summed E-state index contributed by atoms with van der Waals surface area (Å²) >= 11 is 0. The van der Waals surface area contributed by atoms with Crippen LogP contribution in [0.3, 0.4) is 0 Å². The van der Waals surface area contributed by atoms with Crippen molar-refractivity contribution in [1.29, 1.82) is 0 Å². The van der Waals surface area contributed by atoms with Gasteiger partial charge in [-0.25, -0.2) is 9.59 Å². The number of rotatable bonds is 9. The lowest BCUT2D eigenvalue weighted by Gasteiger charge is -2.45. The van der Waals surface area contributed by atoms with Gasteiger partial charge < -0.3 is 28.8 Å². The minimum Gasteiger partial charge on any atom is -0.478 e. The fourth-order valence-electron chi connectivity index (χ4n) is 2.50. The summed E-state index contributed by atoms with van der Waals surface area (Å²) in [6.45, 7) is 5.55. The Morgan fingerprint density at radius 2 is 1.47 bits per heavy atom. The zero-order chi connectivity index (χ0) is 22.9. The molecule has 1 fully saturated rings. The summed E-state index contributed by atoms with van der Waals surface area (Å²) in [5.74, 6) is -6.41. The topological polar surface area (TPSA) is 152 Å². The van der Waals surface area contributed by atoms with E-state index < -0.39 is 53.9 Å². The van der Waals surface area contributed by atoms with Crippen molar-refractivity contribution in [2.45, 2.75) is 71.1 Å². The Hall–Kier alpha value is -2.95. The second kappa shape index (κ2) is 11.3. The number of esters is 4. The van der Waals surface area contributed by atoms with E-state index >= 15 is 0 Å². The van der Waals surface area contributed by atoms with E-state index in [1.165, 1.54) is 20.8 Å². The molecule has 0 aromatic carbocycles. The molecule has 0 aromatic heterocycles. The van der Waals surface area contributed by atoms with Crippen molar-refractivity contribution in [2.24, 2.45) is 0 Å². The molecule has 1 heterocycles. The Labute approximate surface area is 173 Å². The van der Waals surface area contributed by atoms with Crippen LogP contribution >= 0.6 is 0 Å². The van der Waals surface area contributed by atoms with Gasteiger partial charge in [0.25, 0.3) is 5.79 Å². The Bertz CT molecular complexity index is 699. The molecule has 0 bridgehead atoms. The third-order valence-corrected chi connectivity index (χ3v) is 4.06. The largest absolute Gasteiger partial charge is 0.478 e. The predicted molar refractivity (Wildman–Crippen MR) is 97.7 cm³/mol. The monoisotopic (exact) mass is 430 g/mol. The van der Waals surface area contributed by atoms with Crippen LogP contribution in [0.15, 0.2) is 12.2 Å². The molecule has 1 rings (SSSR count).